The quantitative estimate of drug-likeness (QED) is 0.287. The van der Waals surface area contributed by atoms with Gasteiger partial charge >= 0.3 is 0 Å². The lowest BCUT2D eigenvalue weighted by atomic mass is 10.0. The Morgan fingerprint density at radius 1 is 1.14 bits per heavy atom. The highest BCUT2D eigenvalue weighted by Crippen LogP contribution is 2.41. The van der Waals surface area contributed by atoms with Crippen molar-refractivity contribution >= 4 is 22.7 Å². The van der Waals surface area contributed by atoms with Crippen LogP contribution >= 0.6 is 0 Å². The third-order valence-electron chi connectivity index (χ3n) is 7.28. The molecule has 2 aromatic carbocycles. The number of benzene rings is 2. The number of nitrogens with one attached hydrogen (secondary N) is 2. The number of nitrogen functional groups attached to an aromatic ring is 1. The minimum absolute atomic E-state index is 0.135. The van der Waals surface area contributed by atoms with E-state index in [1.807, 2.05) is 19.1 Å². The number of nitrogens with zero attached hydrogens (tertiary/aromatic N) is 4. The Morgan fingerprint density at radius 3 is 2.68 bits per heavy atom. The van der Waals surface area contributed by atoms with Crippen molar-refractivity contribution in [3.63, 3.8) is 0 Å². The van der Waals surface area contributed by atoms with Crippen molar-refractivity contribution in [3.05, 3.63) is 59.5 Å². The van der Waals surface area contributed by atoms with Crippen LogP contribution in [0.5, 0.6) is 5.75 Å². The zero-order chi connectivity index (χ0) is 25.4. The summed E-state index contributed by atoms with van der Waals surface area (Å²) in [5.74, 6) is 1.80. The first kappa shape index (κ1) is 23.7. The zero-order valence-corrected chi connectivity index (χ0v) is 21.0. The summed E-state index contributed by atoms with van der Waals surface area (Å²) in [6.45, 7) is 5.74. The van der Waals surface area contributed by atoms with Crippen molar-refractivity contribution in [2.24, 2.45) is 0 Å². The Balaban J connectivity index is 1.33. The van der Waals surface area contributed by atoms with Crippen molar-refractivity contribution in [2.45, 2.75) is 44.6 Å². The van der Waals surface area contributed by atoms with E-state index in [-0.39, 0.29) is 11.9 Å². The number of H-pyrrole nitrogens is 1. The van der Waals surface area contributed by atoms with Crippen molar-refractivity contribution in [3.8, 4) is 17.0 Å². The topological polar surface area (TPSA) is 105 Å². The van der Waals surface area contributed by atoms with E-state index >= 15 is 0 Å². The third-order valence-corrected chi connectivity index (χ3v) is 7.28. The minimum atomic E-state index is -0.268. The minimum Gasteiger partial charge on any atom is -0.492 e. The number of aromatic amines is 1. The van der Waals surface area contributed by atoms with E-state index in [1.54, 1.807) is 12.1 Å². The highest BCUT2D eigenvalue weighted by atomic mass is 19.1. The normalized spacial score (nSPS) is 16.8. The van der Waals surface area contributed by atoms with E-state index in [0.717, 1.165) is 53.3 Å². The fraction of sp³-hybridized carbons (Fsp3) is 0.393. The molecule has 4 N–H and O–H groups in total. The first-order chi connectivity index (χ1) is 18.0. The maximum Gasteiger partial charge on any atom is 0.225 e. The summed E-state index contributed by atoms with van der Waals surface area (Å²) in [6, 6.07) is 12.3. The maximum absolute atomic E-state index is 13.4. The summed E-state index contributed by atoms with van der Waals surface area (Å²) in [6.07, 6.45) is 4.89. The highest BCUT2D eigenvalue weighted by Gasteiger charge is 2.26. The van der Waals surface area contributed by atoms with Gasteiger partial charge in [0.2, 0.25) is 5.95 Å². The van der Waals surface area contributed by atoms with Crippen LogP contribution in [-0.2, 0) is 0 Å². The summed E-state index contributed by atoms with van der Waals surface area (Å²) >= 11 is 0. The van der Waals surface area contributed by atoms with E-state index in [4.69, 9.17) is 15.5 Å². The lowest BCUT2D eigenvalue weighted by molar-refractivity contribution is 0.238. The second kappa shape index (κ2) is 9.97. The van der Waals surface area contributed by atoms with Crippen LogP contribution in [0.2, 0.25) is 0 Å². The fourth-order valence-corrected chi connectivity index (χ4v) is 5.02. The van der Waals surface area contributed by atoms with Crippen LogP contribution in [0.1, 0.15) is 55.8 Å². The van der Waals surface area contributed by atoms with Gasteiger partial charge in [0.25, 0.3) is 0 Å². The monoisotopic (exact) mass is 501 g/mol. The van der Waals surface area contributed by atoms with Gasteiger partial charge in [-0.1, -0.05) is 12.1 Å². The van der Waals surface area contributed by atoms with Gasteiger partial charge in [-0.15, -0.1) is 0 Å². The molecule has 3 heterocycles. The summed E-state index contributed by atoms with van der Waals surface area (Å²) in [5.41, 5.74) is 10.9. The molecule has 8 nitrogen and oxygen atoms in total. The largest absolute Gasteiger partial charge is 0.492 e. The molecule has 37 heavy (non-hydrogen) atoms. The molecule has 6 rings (SSSR count). The second-order valence-corrected chi connectivity index (χ2v) is 10.1. The summed E-state index contributed by atoms with van der Waals surface area (Å²) in [5, 5.41) is 11.8. The van der Waals surface area contributed by atoms with Crippen LogP contribution in [0.3, 0.4) is 0 Å². The van der Waals surface area contributed by atoms with E-state index in [0.29, 0.717) is 29.8 Å². The molecule has 0 bridgehead atoms. The van der Waals surface area contributed by atoms with E-state index in [1.165, 1.54) is 37.8 Å². The molecule has 0 spiro atoms. The van der Waals surface area contributed by atoms with E-state index in [2.05, 4.69) is 31.5 Å². The molecule has 2 aromatic heterocycles. The van der Waals surface area contributed by atoms with Gasteiger partial charge in [0.1, 0.15) is 24.0 Å². The Kier molecular flexibility index (Phi) is 6.38. The van der Waals surface area contributed by atoms with Crippen molar-refractivity contribution in [2.75, 3.05) is 37.3 Å². The SMILES string of the molecule is C[C@H](Nc1nc(N)c2c(-c3cc(C4CC4)[nH]n3)cc(OCCN3CCCC3)cc2n1)c1ccc(F)cc1. The van der Waals surface area contributed by atoms with Crippen LogP contribution in [0.4, 0.5) is 16.2 Å². The van der Waals surface area contributed by atoms with Gasteiger partial charge in [0.05, 0.1) is 22.6 Å². The number of ether oxygens (including phenoxy) is 1. The van der Waals surface area contributed by atoms with Crippen molar-refractivity contribution in [1.82, 2.24) is 25.1 Å². The first-order valence-electron chi connectivity index (χ1n) is 13.1. The number of likely N-dealkylation sites (tertiary alicyclic amines) is 1. The second-order valence-electron chi connectivity index (χ2n) is 10.1. The Hall–Kier alpha value is -3.72. The molecule has 2 aliphatic rings. The molecule has 1 aliphatic heterocycles. The molecule has 1 saturated heterocycles. The van der Waals surface area contributed by atoms with Gasteiger partial charge < -0.3 is 15.8 Å². The fourth-order valence-electron chi connectivity index (χ4n) is 5.02. The number of nitrogens with two attached hydrogens (primary N) is 1. The number of hydrogen-bond donors (Lipinski definition) is 3. The average Bonchev–Trinajstić information content (AvgIpc) is 3.38. The Morgan fingerprint density at radius 2 is 1.92 bits per heavy atom. The number of rotatable bonds is 9. The molecule has 1 aliphatic carbocycles. The number of fused-ring (bicyclic) bond motifs is 1. The molecule has 0 unspecified atom stereocenters. The lowest BCUT2D eigenvalue weighted by Gasteiger charge is -2.17. The van der Waals surface area contributed by atoms with Gasteiger partial charge in [-0.2, -0.15) is 10.1 Å². The predicted molar refractivity (Wildman–Crippen MR) is 143 cm³/mol. The van der Waals surface area contributed by atoms with Gasteiger partial charge in [-0.3, -0.25) is 10.00 Å². The molecular formula is C28H32FN7O. The van der Waals surface area contributed by atoms with Gasteiger partial charge in [-0.05, 0) is 75.5 Å². The van der Waals surface area contributed by atoms with Gasteiger partial charge in [0.15, 0.2) is 0 Å². The Labute approximate surface area is 215 Å². The summed E-state index contributed by atoms with van der Waals surface area (Å²) < 4.78 is 19.6. The van der Waals surface area contributed by atoms with Crippen molar-refractivity contribution < 1.29 is 9.13 Å². The molecule has 192 valence electrons. The summed E-state index contributed by atoms with van der Waals surface area (Å²) in [4.78, 5) is 11.8. The van der Waals surface area contributed by atoms with Crippen LogP contribution in [-0.4, -0.2) is 51.3 Å². The molecule has 1 saturated carbocycles. The molecular weight excluding hydrogens is 469 g/mol. The molecule has 9 heteroatoms. The zero-order valence-electron chi connectivity index (χ0n) is 21.0. The number of anilines is 2. The van der Waals surface area contributed by atoms with E-state index in [9.17, 15) is 4.39 Å². The molecule has 2 fully saturated rings. The van der Waals surface area contributed by atoms with Crippen LogP contribution in [0.25, 0.3) is 22.2 Å². The van der Waals surface area contributed by atoms with Crippen molar-refractivity contribution in [1.29, 1.82) is 0 Å². The highest BCUT2D eigenvalue weighted by molar-refractivity contribution is 6.02. The smallest absolute Gasteiger partial charge is 0.225 e. The first-order valence-corrected chi connectivity index (χ1v) is 13.1. The number of halogens is 1. The lowest BCUT2D eigenvalue weighted by Crippen LogP contribution is -2.25. The maximum atomic E-state index is 13.4. The van der Waals surface area contributed by atoms with E-state index < -0.39 is 0 Å². The molecule has 1 atom stereocenters. The van der Waals surface area contributed by atoms with Crippen LogP contribution in [0, 0.1) is 5.82 Å². The standard InChI is InChI=1S/C28H32FN7O/c1-17(18-6-8-20(29)9-7-18)31-28-32-25-15-21(37-13-12-36-10-2-3-11-36)14-22(26(25)27(30)33-28)24-16-23(34-35-24)19-4-5-19/h6-9,14-17,19H,2-5,10-13H2,1H3,(H,34,35)(H3,30,31,32,33)/t17-/m0/s1. The predicted octanol–water partition coefficient (Wildman–Crippen LogP) is 5.27. The third kappa shape index (κ3) is 5.22. The molecule has 4 aromatic rings. The summed E-state index contributed by atoms with van der Waals surface area (Å²) in [7, 11) is 0. The van der Waals surface area contributed by atoms with Gasteiger partial charge in [-0.25, -0.2) is 9.37 Å². The number of hydrogen-bond acceptors (Lipinski definition) is 7. The Bertz CT molecular complexity index is 1390. The van der Waals surface area contributed by atoms with Crippen LogP contribution in [0.15, 0.2) is 42.5 Å². The average molecular weight is 502 g/mol. The molecule has 0 radical (unpaired) electrons. The number of aromatic nitrogens is 4. The van der Waals surface area contributed by atoms with Crippen LogP contribution < -0.4 is 15.8 Å². The molecule has 0 amide bonds. The van der Waals surface area contributed by atoms with Gasteiger partial charge in [0, 0.05) is 29.8 Å².